The highest BCUT2D eigenvalue weighted by molar-refractivity contribution is 6.08. The zero-order chi connectivity index (χ0) is 21.8. The lowest BCUT2D eigenvalue weighted by molar-refractivity contribution is 0.102. The molecule has 0 atom stereocenters. The van der Waals surface area contributed by atoms with Crippen LogP contribution in [0.1, 0.15) is 10.4 Å². The Morgan fingerprint density at radius 1 is 1.00 bits per heavy atom. The van der Waals surface area contributed by atoms with Gasteiger partial charge < -0.3 is 15.0 Å². The fraction of sp³-hybridized carbons (Fsp3) is 0.125. The molecule has 1 amide bonds. The van der Waals surface area contributed by atoms with Crippen LogP contribution in [0.2, 0.25) is 0 Å². The third kappa shape index (κ3) is 4.25. The molecule has 0 aliphatic carbocycles. The van der Waals surface area contributed by atoms with Gasteiger partial charge in [-0.15, -0.1) is 0 Å². The van der Waals surface area contributed by atoms with Gasteiger partial charge in [-0.1, -0.05) is 30.3 Å². The number of benzene rings is 2. The second-order valence-corrected chi connectivity index (χ2v) is 7.13. The van der Waals surface area contributed by atoms with Crippen molar-refractivity contribution in [2.45, 2.75) is 0 Å². The minimum atomic E-state index is -0.275. The molecule has 7 nitrogen and oxygen atoms in total. The van der Waals surface area contributed by atoms with E-state index in [-0.39, 0.29) is 5.91 Å². The number of carbonyl (C=O) groups excluding carboxylic acids is 1. The van der Waals surface area contributed by atoms with Crippen LogP contribution in [0, 0.1) is 0 Å². The van der Waals surface area contributed by atoms with E-state index in [1.165, 1.54) is 0 Å². The number of ether oxygens (including phenoxy) is 1. The summed E-state index contributed by atoms with van der Waals surface area (Å²) in [5.41, 5.74) is 3.18. The SMILES string of the molecule is COc1ccccc1-c1nn(-c2ccccc2)cc1C(=O)Nc1ccc(N(C)C)nc1. The molecule has 4 aromatic rings. The molecule has 0 unspecified atom stereocenters. The van der Waals surface area contributed by atoms with Crippen molar-refractivity contribution in [3.63, 3.8) is 0 Å². The quantitative estimate of drug-likeness (QED) is 0.511. The van der Waals surface area contributed by atoms with E-state index < -0.39 is 0 Å². The van der Waals surface area contributed by atoms with Crippen molar-refractivity contribution < 1.29 is 9.53 Å². The van der Waals surface area contributed by atoms with E-state index in [4.69, 9.17) is 9.84 Å². The Hall–Kier alpha value is -4.13. The minimum absolute atomic E-state index is 0.275. The van der Waals surface area contributed by atoms with Crippen LogP contribution < -0.4 is 15.0 Å². The molecule has 0 saturated carbocycles. The van der Waals surface area contributed by atoms with Crippen molar-refractivity contribution in [2.75, 3.05) is 31.4 Å². The summed E-state index contributed by atoms with van der Waals surface area (Å²) in [6.45, 7) is 0. The predicted molar refractivity (Wildman–Crippen MR) is 122 cm³/mol. The molecule has 0 bridgehead atoms. The lowest BCUT2D eigenvalue weighted by atomic mass is 10.1. The van der Waals surface area contributed by atoms with Crippen molar-refractivity contribution in [3.8, 4) is 22.7 Å². The maximum Gasteiger partial charge on any atom is 0.259 e. The number of methoxy groups -OCH3 is 1. The molecular formula is C24H23N5O2. The Balaban J connectivity index is 1.74. The summed E-state index contributed by atoms with van der Waals surface area (Å²) in [6.07, 6.45) is 3.37. The minimum Gasteiger partial charge on any atom is -0.496 e. The summed E-state index contributed by atoms with van der Waals surface area (Å²) in [6, 6.07) is 20.9. The van der Waals surface area contributed by atoms with Crippen LogP contribution in [0.25, 0.3) is 16.9 Å². The summed E-state index contributed by atoms with van der Waals surface area (Å²) in [4.78, 5) is 19.5. The summed E-state index contributed by atoms with van der Waals surface area (Å²) in [5.74, 6) is 1.18. The number of nitrogens with one attached hydrogen (secondary N) is 1. The van der Waals surface area contributed by atoms with Crippen LogP contribution in [0.3, 0.4) is 0 Å². The molecule has 2 aromatic carbocycles. The molecular weight excluding hydrogens is 390 g/mol. The lowest BCUT2D eigenvalue weighted by Crippen LogP contribution is -2.14. The number of aromatic nitrogens is 3. The van der Waals surface area contributed by atoms with Gasteiger partial charge >= 0.3 is 0 Å². The van der Waals surface area contributed by atoms with Gasteiger partial charge in [-0.3, -0.25) is 4.79 Å². The fourth-order valence-electron chi connectivity index (χ4n) is 3.22. The predicted octanol–water partition coefficient (Wildman–Crippen LogP) is 4.26. The Kier molecular flexibility index (Phi) is 5.66. The van der Waals surface area contributed by atoms with Crippen LogP contribution in [-0.4, -0.2) is 41.9 Å². The molecule has 7 heteroatoms. The standard InChI is InChI=1S/C24H23N5O2/c1-28(2)22-14-13-17(15-25-22)26-24(30)20-16-29(18-9-5-4-6-10-18)27-23(20)19-11-7-8-12-21(19)31-3/h4-16H,1-3H3,(H,26,30). The molecule has 0 saturated heterocycles. The first-order valence-corrected chi connectivity index (χ1v) is 9.80. The lowest BCUT2D eigenvalue weighted by Gasteiger charge is -2.12. The largest absolute Gasteiger partial charge is 0.496 e. The second-order valence-electron chi connectivity index (χ2n) is 7.13. The zero-order valence-corrected chi connectivity index (χ0v) is 17.6. The average Bonchev–Trinajstić information content (AvgIpc) is 3.25. The summed E-state index contributed by atoms with van der Waals surface area (Å²) >= 11 is 0. The average molecular weight is 413 g/mol. The maximum atomic E-state index is 13.2. The van der Waals surface area contributed by atoms with Crippen LogP contribution in [0.4, 0.5) is 11.5 Å². The van der Waals surface area contributed by atoms with Crippen LogP contribution in [-0.2, 0) is 0 Å². The van der Waals surface area contributed by atoms with Crippen LogP contribution in [0.15, 0.2) is 79.1 Å². The van der Waals surface area contributed by atoms with E-state index in [1.807, 2.05) is 85.7 Å². The molecule has 0 aliphatic heterocycles. The second kappa shape index (κ2) is 8.71. The molecule has 0 aliphatic rings. The highest BCUT2D eigenvalue weighted by Crippen LogP contribution is 2.32. The van der Waals surface area contributed by atoms with Gasteiger partial charge in [0.1, 0.15) is 17.3 Å². The number of hydrogen-bond donors (Lipinski definition) is 1. The number of nitrogens with zero attached hydrogens (tertiary/aromatic N) is 4. The van der Waals surface area contributed by atoms with Crippen molar-refractivity contribution in [2.24, 2.45) is 0 Å². The number of pyridine rings is 1. The van der Waals surface area contributed by atoms with Gasteiger partial charge in [-0.25, -0.2) is 9.67 Å². The first-order valence-electron chi connectivity index (χ1n) is 9.80. The molecule has 156 valence electrons. The van der Waals surface area contributed by atoms with E-state index >= 15 is 0 Å². The van der Waals surface area contributed by atoms with E-state index in [0.717, 1.165) is 17.1 Å². The zero-order valence-electron chi connectivity index (χ0n) is 17.6. The number of hydrogen-bond acceptors (Lipinski definition) is 5. The summed E-state index contributed by atoms with van der Waals surface area (Å²) in [5, 5.41) is 7.64. The Labute approximate surface area is 180 Å². The van der Waals surface area contributed by atoms with E-state index in [9.17, 15) is 4.79 Å². The molecule has 2 aromatic heterocycles. The van der Waals surface area contributed by atoms with Crippen molar-refractivity contribution in [1.29, 1.82) is 0 Å². The third-order valence-electron chi connectivity index (χ3n) is 4.81. The van der Waals surface area contributed by atoms with E-state index in [0.29, 0.717) is 22.7 Å². The maximum absolute atomic E-state index is 13.2. The van der Waals surface area contributed by atoms with Gasteiger partial charge in [0, 0.05) is 25.9 Å². The van der Waals surface area contributed by atoms with Gasteiger partial charge in [0.25, 0.3) is 5.91 Å². The molecule has 1 N–H and O–H groups in total. The Morgan fingerprint density at radius 2 is 1.74 bits per heavy atom. The summed E-state index contributed by atoms with van der Waals surface area (Å²) in [7, 11) is 5.43. The first-order chi connectivity index (χ1) is 15.1. The third-order valence-corrected chi connectivity index (χ3v) is 4.81. The van der Waals surface area contributed by atoms with Gasteiger partial charge in [-0.05, 0) is 36.4 Å². The first kappa shape index (κ1) is 20.2. The fourth-order valence-corrected chi connectivity index (χ4v) is 3.22. The number of amides is 1. The summed E-state index contributed by atoms with van der Waals surface area (Å²) < 4.78 is 7.21. The molecule has 31 heavy (non-hydrogen) atoms. The number of para-hydroxylation sites is 2. The van der Waals surface area contributed by atoms with Crippen molar-refractivity contribution in [3.05, 3.63) is 84.7 Å². The molecule has 2 heterocycles. The van der Waals surface area contributed by atoms with Gasteiger partial charge in [0.05, 0.1) is 30.2 Å². The van der Waals surface area contributed by atoms with Gasteiger partial charge in [0.15, 0.2) is 0 Å². The Morgan fingerprint density at radius 3 is 2.42 bits per heavy atom. The van der Waals surface area contributed by atoms with Gasteiger partial charge in [-0.2, -0.15) is 5.10 Å². The monoisotopic (exact) mass is 413 g/mol. The number of anilines is 2. The van der Waals surface area contributed by atoms with Crippen LogP contribution >= 0.6 is 0 Å². The molecule has 4 rings (SSSR count). The Bertz CT molecular complexity index is 1180. The molecule has 0 fully saturated rings. The van der Waals surface area contributed by atoms with Gasteiger partial charge in [0.2, 0.25) is 0 Å². The number of rotatable bonds is 6. The smallest absolute Gasteiger partial charge is 0.259 e. The normalized spacial score (nSPS) is 10.5. The topological polar surface area (TPSA) is 72.3 Å². The van der Waals surface area contributed by atoms with Crippen molar-refractivity contribution in [1.82, 2.24) is 14.8 Å². The highest BCUT2D eigenvalue weighted by atomic mass is 16.5. The van der Waals surface area contributed by atoms with E-state index in [1.54, 1.807) is 24.2 Å². The van der Waals surface area contributed by atoms with Crippen molar-refractivity contribution >= 4 is 17.4 Å². The highest BCUT2D eigenvalue weighted by Gasteiger charge is 2.21. The molecule has 0 spiro atoms. The number of carbonyl (C=O) groups is 1. The van der Waals surface area contributed by atoms with E-state index in [2.05, 4.69) is 10.3 Å². The molecule has 0 radical (unpaired) electrons. The van der Waals surface area contributed by atoms with Crippen LogP contribution in [0.5, 0.6) is 5.75 Å².